The van der Waals surface area contributed by atoms with Crippen molar-refractivity contribution in [2.75, 3.05) is 26.7 Å². The Morgan fingerprint density at radius 2 is 2.30 bits per heavy atom. The zero-order chi connectivity index (χ0) is 14.2. The van der Waals surface area contributed by atoms with Crippen molar-refractivity contribution in [1.82, 2.24) is 25.2 Å². The first-order valence-corrected chi connectivity index (χ1v) is 7.96. The van der Waals surface area contributed by atoms with E-state index in [0.717, 1.165) is 44.8 Å². The topological polar surface area (TPSA) is 46.0 Å². The van der Waals surface area contributed by atoms with Gasteiger partial charge in [0.1, 0.15) is 0 Å². The van der Waals surface area contributed by atoms with Crippen molar-refractivity contribution >= 4 is 11.3 Å². The van der Waals surface area contributed by atoms with Crippen molar-refractivity contribution in [3.63, 3.8) is 0 Å². The maximum Gasteiger partial charge on any atom is 0.0964 e. The van der Waals surface area contributed by atoms with Crippen LogP contribution in [-0.2, 0) is 19.5 Å². The summed E-state index contributed by atoms with van der Waals surface area (Å²) in [7, 11) is 2.16. The minimum atomic E-state index is 0.796. The molecule has 0 aromatic carbocycles. The van der Waals surface area contributed by atoms with E-state index in [2.05, 4.69) is 52.0 Å². The summed E-state index contributed by atoms with van der Waals surface area (Å²) in [6.45, 7) is 6.81. The average molecular weight is 293 g/mol. The van der Waals surface area contributed by atoms with Crippen molar-refractivity contribution in [2.24, 2.45) is 0 Å². The Balaban J connectivity index is 1.67. The largest absolute Gasteiger partial charge is 0.311 e. The highest BCUT2D eigenvalue weighted by molar-refractivity contribution is 7.09. The van der Waals surface area contributed by atoms with Crippen LogP contribution in [0.3, 0.4) is 0 Å². The maximum atomic E-state index is 4.15. The Kier molecular flexibility index (Phi) is 6.17. The molecule has 0 bridgehead atoms. The second-order valence-electron chi connectivity index (χ2n) is 4.89. The minimum absolute atomic E-state index is 0.796. The number of hydrogen-bond donors (Lipinski definition) is 1. The van der Waals surface area contributed by atoms with Gasteiger partial charge in [0.2, 0.25) is 0 Å². The number of rotatable bonds is 9. The molecule has 0 aliphatic carbocycles. The van der Waals surface area contributed by atoms with Gasteiger partial charge >= 0.3 is 0 Å². The third-order valence-corrected chi connectivity index (χ3v) is 4.11. The molecule has 0 fully saturated rings. The Morgan fingerprint density at radius 3 is 3.05 bits per heavy atom. The van der Waals surface area contributed by atoms with Gasteiger partial charge in [-0.2, -0.15) is 0 Å². The van der Waals surface area contributed by atoms with Gasteiger partial charge in [-0.15, -0.1) is 16.4 Å². The molecular weight excluding hydrogens is 270 g/mol. The summed E-state index contributed by atoms with van der Waals surface area (Å²) in [4.78, 5) is 3.79. The first kappa shape index (κ1) is 15.2. The fourth-order valence-corrected chi connectivity index (χ4v) is 2.62. The summed E-state index contributed by atoms with van der Waals surface area (Å²) in [6.07, 6.45) is 3.15. The van der Waals surface area contributed by atoms with Crippen molar-refractivity contribution < 1.29 is 0 Å². The number of nitrogens with one attached hydrogen (secondary N) is 1. The summed E-state index contributed by atoms with van der Waals surface area (Å²) < 4.78 is 1.92. The SMILES string of the molecule is CCNCc1cn(CCN(C)CCc2cccs2)nn1. The van der Waals surface area contributed by atoms with Crippen molar-refractivity contribution in [1.29, 1.82) is 0 Å². The van der Waals surface area contributed by atoms with Crippen LogP contribution in [0.1, 0.15) is 17.5 Å². The fourth-order valence-electron chi connectivity index (χ4n) is 1.92. The number of aromatic nitrogens is 3. The molecule has 2 rings (SSSR count). The van der Waals surface area contributed by atoms with Crippen molar-refractivity contribution in [3.8, 4) is 0 Å². The van der Waals surface area contributed by atoms with Gasteiger partial charge in [0.05, 0.1) is 12.2 Å². The second-order valence-corrected chi connectivity index (χ2v) is 5.92. The molecule has 0 unspecified atom stereocenters. The van der Waals surface area contributed by atoms with Gasteiger partial charge in [0.15, 0.2) is 0 Å². The summed E-state index contributed by atoms with van der Waals surface area (Å²) in [5.41, 5.74) is 1.01. The van der Waals surface area contributed by atoms with Gasteiger partial charge in [-0.25, -0.2) is 0 Å². The van der Waals surface area contributed by atoms with E-state index in [1.807, 2.05) is 22.2 Å². The molecule has 2 aromatic rings. The molecule has 0 atom stereocenters. The molecule has 110 valence electrons. The van der Waals surface area contributed by atoms with Gasteiger partial charge in [0.25, 0.3) is 0 Å². The van der Waals surface area contributed by atoms with Crippen molar-refractivity contribution in [2.45, 2.75) is 26.4 Å². The predicted octanol–water partition coefficient (Wildman–Crippen LogP) is 1.62. The predicted molar refractivity (Wildman–Crippen MR) is 82.9 cm³/mol. The zero-order valence-electron chi connectivity index (χ0n) is 12.2. The van der Waals surface area contributed by atoms with Crippen LogP contribution in [-0.4, -0.2) is 46.6 Å². The first-order valence-electron chi connectivity index (χ1n) is 7.08. The molecule has 0 aliphatic heterocycles. The fraction of sp³-hybridized carbons (Fsp3) is 0.571. The van der Waals surface area contributed by atoms with Crippen LogP contribution in [0, 0.1) is 0 Å². The quantitative estimate of drug-likeness (QED) is 0.763. The van der Waals surface area contributed by atoms with Crippen LogP contribution in [0.15, 0.2) is 23.7 Å². The number of thiophene rings is 1. The van der Waals surface area contributed by atoms with Gasteiger partial charge in [-0.05, 0) is 31.5 Å². The molecule has 1 N–H and O–H groups in total. The molecule has 0 radical (unpaired) electrons. The van der Waals surface area contributed by atoms with Crippen LogP contribution in [0.5, 0.6) is 0 Å². The summed E-state index contributed by atoms with van der Waals surface area (Å²) in [5, 5.41) is 13.7. The molecule has 0 saturated carbocycles. The molecule has 2 aromatic heterocycles. The second kappa shape index (κ2) is 8.14. The average Bonchev–Trinajstić information content (AvgIpc) is 3.12. The molecule has 20 heavy (non-hydrogen) atoms. The summed E-state index contributed by atoms with van der Waals surface area (Å²) in [5.74, 6) is 0. The van der Waals surface area contributed by atoms with Gasteiger partial charge in [-0.1, -0.05) is 18.2 Å². The van der Waals surface area contributed by atoms with E-state index < -0.39 is 0 Å². The highest BCUT2D eigenvalue weighted by Gasteiger charge is 2.03. The number of likely N-dealkylation sites (N-methyl/N-ethyl adjacent to an activating group) is 1. The molecule has 0 spiro atoms. The van der Waals surface area contributed by atoms with Gasteiger partial charge < -0.3 is 10.2 Å². The first-order chi connectivity index (χ1) is 9.78. The molecule has 6 heteroatoms. The Morgan fingerprint density at radius 1 is 1.40 bits per heavy atom. The van der Waals surface area contributed by atoms with Crippen LogP contribution < -0.4 is 5.32 Å². The van der Waals surface area contributed by atoms with Crippen LogP contribution >= 0.6 is 11.3 Å². The van der Waals surface area contributed by atoms with E-state index in [-0.39, 0.29) is 0 Å². The van der Waals surface area contributed by atoms with Gasteiger partial charge in [-0.3, -0.25) is 4.68 Å². The van der Waals surface area contributed by atoms with Crippen LogP contribution in [0.25, 0.3) is 0 Å². The van der Waals surface area contributed by atoms with Crippen LogP contribution in [0.4, 0.5) is 0 Å². The monoisotopic (exact) mass is 293 g/mol. The standard InChI is InChI=1S/C14H23N5S/c1-3-15-11-13-12-19(17-16-13)9-8-18(2)7-6-14-5-4-10-20-14/h4-5,10,12,15H,3,6-9,11H2,1-2H3. The Hall–Kier alpha value is -1.24. The molecule has 0 aliphatic rings. The van der Waals surface area contributed by atoms with Crippen molar-refractivity contribution in [3.05, 3.63) is 34.3 Å². The highest BCUT2D eigenvalue weighted by atomic mass is 32.1. The molecule has 5 nitrogen and oxygen atoms in total. The summed E-state index contributed by atoms with van der Waals surface area (Å²) in [6, 6.07) is 4.31. The zero-order valence-corrected chi connectivity index (χ0v) is 13.1. The van der Waals surface area contributed by atoms with Crippen LogP contribution in [0.2, 0.25) is 0 Å². The number of hydrogen-bond acceptors (Lipinski definition) is 5. The van der Waals surface area contributed by atoms with E-state index in [0.29, 0.717) is 0 Å². The Labute approximate surface area is 124 Å². The van der Waals surface area contributed by atoms with E-state index in [9.17, 15) is 0 Å². The maximum absolute atomic E-state index is 4.15. The lowest BCUT2D eigenvalue weighted by Gasteiger charge is -2.15. The molecule has 0 amide bonds. The molecule has 0 saturated heterocycles. The van der Waals surface area contributed by atoms with E-state index in [1.165, 1.54) is 4.88 Å². The third kappa shape index (κ3) is 5.03. The number of nitrogens with zero attached hydrogens (tertiary/aromatic N) is 4. The van der Waals surface area contributed by atoms with E-state index in [4.69, 9.17) is 0 Å². The summed E-state index contributed by atoms with van der Waals surface area (Å²) >= 11 is 1.83. The Bertz CT molecular complexity index is 479. The van der Waals surface area contributed by atoms with E-state index >= 15 is 0 Å². The minimum Gasteiger partial charge on any atom is -0.311 e. The third-order valence-electron chi connectivity index (χ3n) is 3.17. The lowest BCUT2D eigenvalue weighted by Crippen LogP contribution is -2.25. The smallest absolute Gasteiger partial charge is 0.0964 e. The molecular formula is C14H23N5S. The lowest BCUT2D eigenvalue weighted by molar-refractivity contribution is 0.315. The van der Waals surface area contributed by atoms with Gasteiger partial charge in [0, 0.05) is 30.7 Å². The normalized spacial score (nSPS) is 11.3. The molecule has 2 heterocycles. The van der Waals surface area contributed by atoms with E-state index in [1.54, 1.807) is 0 Å². The highest BCUT2D eigenvalue weighted by Crippen LogP contribution is 2.09. The lowest BCUT2D eigenvalue weighted by atomic mass is 10.3.